The van der Waals surface area contributed by atoms with Crippen molar-refractivity contribution in [1.29, 1.82) is 0 Å². The van der Waals surface area contributed by atoms with E-state index in [0.29, 0.717) is 6.42 Å². The fourth-order valence-corrected chi connectivity index (χ4v) is 1.44. The minimum absolute atomic E-state index is 0.393. The second-order valence-corrected chi connectivity index (χ2v) is 7.04. The minimum atomic E-state index is -0.566. The topological polar surface area (TPSA) is 36.9 Å². The van der Waals surface area contributed by atoms with Crippen molar-refractivity contribution in [1.82, 2.24) is 0 Å². The van der Waals surface area contributed by atoms with Crippen LogP contribution in [-0.4, -0.2) is 17.5 Å². The number of benzene rings is 1. The Morgan fingerprint density at radius 2 is 1.29 bits per heavy atom. The molecular weight excluding hydrogens is 268 g/mol. The van der Waals surface area contributed by atoms with Crippen molar-refractivity contribution in [3.05, 3.63) is 35.9 Å². The lowest BCUT2D eigenvalue weighted by molar-refractivity contribution is -0.497. The predicted octanol–water partition coefficient (Wildman–Crippen LogP) is 4.44. The monoisotopic (exact) mass is 296 g/mol. The van der Waals surface area contributed by atoms with Crippen LogP contribution >= 0.6 is 0 Å². The zero-order valence-corrected chi connectivity index (χ0v) is 14.0. The number of hydrogen-bond acceptors (Lipinski definition) is 4. The molecule has 4 heteroatoms. The molecule has 1 rings (SSSR count). The molecule has 0 atom stereocenters. The highest BCUT2D eigenvalue weighted by Crippen LogP contribution is 2.17. The Bertz CT molecular complexity index is 371. The first-order valence-electron chi connectivity index (χ1n) is 7.39. The van der Waals surface area contributed by atoms with Gasteiger partial charge in [-0.1, -0.05) is 30.3 Å². The van der Waals surface area contributed by atoms with E-state index in [9.17, 15) is 0 Å². The molecular formula is C17H28O4. The Kier molecular flexibility index (Phi) is 6.81. The second kappa shape index (κ2) is 7.90. The van der Waals surface area contributed by atoms with Gasteiger partial charge in [0, 0.05) is 6.42 Å². The van der Waals surface area contributed by atoms with Gasteiger partial charge in [0.25, 0.3) is 0 Å². The van der Waals surface area contributed by atoms with Crippen molar-refractivity contribution < 1.29 is 19.6 Å². The minimum Gasteiger partial charge on any atom is -0.228 e. The SMILES string of the molecule is CC(C)(C)OOC(CCc1ccccc1)OOC(C)(C)C. The summed E-state index contributed by atoms with van der Waals surface area (Å²) in [5.41, 5.74) is 0.438. The molecule has 1 aromatic carbocycles. The Hall–Kier alpha value is -0.940. The molecule has 0 aromatic heterocycles. The van der Waals surface area contributed by atoms with E-state index in [-0.39, 0.29) is 0 Å². The highest BCUT2D eigenvalue weighted by Gasteiger charge is 2.21. The van der Waals surface area contributed by atoms with Crippen molar-refractivity contribution in [3.8, 4) is 0 Å². The van der Waals surface area contributed by atoms with Gasteiger partial charge < -0.3 is 0 Å². The number of hydrogen-bond donors (Lipinski definition) is 0. The normalized spacial score (nSPS) is 12.9. The summed E-state index contributed by atoms with van der Waals surface area (Å²) in [5.74, 6) is 0. The third kappa shape index (κ3) is 9.58. The van der Waals surface area contributed by atoms with Crippen LogP contribution in [0.25, 0.3) is 0 Å². The maximum absolute atomic E-state index is 5.38. The third-order valence-electron chi connectivity index (χ3n) is 2.32. The van der Waals surface area contributed by atoms with Crippen molar-refractivity contribution in [2.45, 2.75) is 71.9 Å². The molecule has 0 fully saturated rings. The summed E-state index contributed by atoms with van der Waals surface area (Å²) in [6.45, 7) is 11.5. The van der Waals surface area contributed by atoms with Crippen LogP contribution in [0.3, 0.4) is 0 Å². The summed E-state index contributed by atoms with van der Waals surface area (Å²) in [5, 5.41) is 0. The molecule has 1 aromatic rings. The molecule has 0 bridgehead atoms. The van der Waals surface area contributed by atoms with Crippen LogP contribution in [0.2, 0.25) is 0 Å². The van der Waals surface area contributed by atoms with Crippen molar-refractivity contribution in [2.24, 2.45) is 0 Å². The molecule has 21 heavy (non-hydrogen) atoms. The maximum atomic E-state index is 5.38. The van der Waals surface area contributed by atoms with E-state index >= 15 is 0 Å². The highest BCUT2D eigenvalue weighted by atomic mass is 17.3. The Balaban J connectivity index is 2.50. The molecule has 0 aliphatic heterocycles. The van der Waals surface area contributed by atoms with Crippen molar-refractivity contribution in [2.75, 3.05) is 0 Å². The number of aryl methyl sites for hydroxylation is 1. The maximum Gasteiger partial charge on any atom is 0.224 e. The van der Waals surface area contributed by atoms with E-state index in [0.717, 1.165) is 6.42 Å². The molecule has 0 aliphatic rings. The van der Waals surface area contributed by atoms with Gasteiger partial charge >= 0.3 is 0 Å². The summed E-state index contributed by atoms with van der Waals surface area (Å²) in [7, 11) is 0. The fraction of sp³-hybridized carbons (Fsp3) is 0.647. The molecule has 0 spiro atoms. The highest BCUT2D eigenvalue weighted by molar-refractivity contribution is 5.14. The first-order valence-corrected chi connectivity index (χ1v) is 7.39. The first-order chi connectivity index (χ1) is 9.66. The predicted molar refractivity (Wildman–Crippen MR) is 82.4 cm³/mol. The lowest BCUT2D eigenvalue weighted by Gasteiger charge is -2.25. The zero-order valence-electron chi connectivity index (χ0n) is 14.0. The Morgan fingerprint density at radius 3 is 1.71 bits per heavy atom. The standard InChI is InChI=1S/C17H28O4/c1-16(2,3)20-18-15(19-21-17(4,5)6)13-12-14-10-8-7-9-11-14/h7-11,15H,12-13H2,1-6H3. The van der Waals surface area contributed by atoms with Gasteiger partial charge in [-0.05, 0) is 53.5 Å². The first kappa shape index (κ1) is 18.1. The van der Waals surface area contributed by atoms with Gasteiger partial charge in [-0.25, -0.2) is 19.6 Å². The molecule has 0 saturated carbocycles. The largest absolute Gasteiger partial charge is 0.228 e. The van der Waals surface area contributed by atoms with Crippen LogP contribution in [0, 0.1) is 0 Å². The Morgan fingerprint density at radius 1 is 0.810 bits per heavy atom. The van der Waals surface area contributed by atoms with Gasteiger partial charge in [-0.3, -0.25) is 0 Å². The molecule has 0 amide bonds. The summed E-state index contributed by atoms with van der Waals surface area (Å²) >= 11 is 0. The van der Waals surface area contributed by atoms with Gasteiger partial charge in [-0.2, -0.15) is 0 Å². The molecule has 4 nitrogen and oxygen atoms in total. The van der Waals surface area contributed by atoms with E-state index in [1.807, 2.05) is 59.7 Å². The van der Waals surface area contributed by atoms with E-state index in [2.05, 4.69) is 12.1 Å². The molecule has 0 aliphatic carbocycles. The van der Waals surface area contributed by atoms with E-state index in [1.165, 1.54) is 5.56 Å². The molecule has 0 unspecified atom stereocenters. The Labute approximate surface area is 128 Å². The van der Waals surface area contributed by atoms with Gasteiger partial charge in [-0.15, -0.1) is 0 Å². The van der Waals surface area contributed by atoms with Crippen molar-refractivity contribution >= 4 is 0 Å². The smallest absolute Gasteiger partial charge is 0.224 e. The molecule has 0 radical (unpaired) electrons. The molecule has 0 N–H and O–H groups in total. The summed E-state index contributed by atoms with van der Waals surface area (Å²) in [6, 6.07) is 10.2. The third-order valence-corrected chi connectivity index (χ3v) is 2.32. The van der Waals surface area contributed by atoms with Crippen LogP contribution < -0.4 is 0 Å². The average Bonchev–Trinajstić information content (AvgIpc) is 2.36. The summed E-state index contributed by atoms with van der Waals surface area (Å²) < 4.78 is 0. The average molecular weight is 296 g/mol. The van der Waals surface area contributed by atoms with E-state index in [4.69, 9.17) is 19.6 Å². The van der Waals surface area contributed by atoms with Gasteiger partial charge in [0.05, 0.1) is 11.2 Å². The van der Waals surface area contributed by atoms with Crippen LogP contribution in [0.5, 0.6) is 0 Å². The van der Waals surface area contributed by atoms with Gasteiger partial charge in [0.2, 0.25) is 6.29 Å². The van der Waals surface area contributed by atoms with Crippen LogP contribution in [0.4, 0.5) is 0 Å². The van der Waals surface area contributed by atoms with Crippen molar-refractivity contribution in [3.63, 3.8) is 0 Å². The van der Waals surface area contributed by atoms with Crippen LogP contribution in [0.15, 0.2) is 30.3 Å². The van der Waals surface area contributed by atoms with Crippen LogP contribution in [0.1, 0.15) is 53.5 Å². The summed E-state index contributed by atoms with van der Waals surface area (Å²) in [6.07, 6.45) is 0.909. The molecule has 0 heterocycles. The van der Waals surface area contributed by atoms with Crippen LogP contribution in [-0.2, 0) is 26.0 Å². The van der Waals surface area contributed by atoms with Gasteiger partial charge in [0.1, 0.15) is 0 Å². The lowest BCUT2D eigenvalue weighted by Crippen LogP contribution is -2.29. The van der Waals surface area contributed by atoms with Gasteiger partial charge in [0.15, 0.2) is 0 Å². The number of rotatable bonds is 7. The lowest BCUT2D eigenvalue weighted by atomic mass is 10.1. The second-order valence-electron chi connectivity index (χ2n) is 7.04. The zero-order chi connectivity index (χ0) is 15.9. The fourth-order valence-electron chi connectivity index (χ4n) is 1.44. The molecule has 0 saturated heterocycles. The van der Waals surface area contributed by atoms with E-state index in [1.54, 1.807) is 0 Å². The molecule has 120 valence electrons. The quantitative estimate of drug-likeness (QED) is 0.423. The van der Waals surface area contributed by atoms with E-state index < -0.39 is 17.5 Å². The summed E-state index contributed by atoms with van der Waals surface area (Å²) in [4.78, 5) is 21.4.